The molecule has 2 rings (SSSR count). The van der Waals surface area contributed by atoms with E-state index in [1.54, 1.807) is 13.8 Å². The van der Waals surface area contributed by atoms with Gasteiger partial charge in [-0.1, -0.05) is 12.8 Å². The maximum Gasteiger partial charge on any atom is 0.405 e. The fourth-order valence-corrected chi connectivity index (χ4v) is 4.84. The van der Waals surface area contributed by atoms with Crippen molar-refractivity contribution in [2.24, 2.45) is 34.5 Å². The van der Waals surface area contributed by atoms with Crippen LogP contribution in [0.1, 0.15) is 68.2 Å². The quantitative estimate of drug-likeness (QED) is 0.313. The zero-order chi connectivity index (χ0) is 23.3. The van der Waals surface area contributed by atoms with Crippen molar-refractivity contribution in [1.29, 1.82) is 0 Å². The number of esters is 1. The third kappa shape index (κ3) is 4.73. The predicted molar refractivity (Wildman–Crippen MR) is 106 cm³/mol. The molecule has 0 aliphatic heterocycles. The Morgan fingerprint density at radius 3 is 2.10 bits per heavy atom. The third-order valence-corrected chi connectivity index (χ3v) is 6.34. The first-order valence-electron chi connectivity index (χ1n) is 10.5. The summed E-state index contributed by atoms with van der Waals surface area (Å²) in [5.74, 6) is -1.88. The largest absolute Gasteiger partial charge is 0.459 e. The Morgan fingerprint density at radius 1 is 1.10 bits per heavy atom. The van der Waals surface area contributed by atoms with Gasteiger partial charge in [-0.25, -0.2) is 4.39 Å². The van der Waals surface area contributed by atoms with Crippen LogP contribution in [0.2, 0.25) is 0 Å². The highest BCUT2D eigenvalue weighted by Crippen LogP contribution is 2.67. The van der Waals surface area contributed by atoms with Crippen molar-refractivity contribution < 1.29 is 31.8 Å². The maximum absolute atomic E-state index is 15.1. The molecule has 0 heterocycles. The summed E-state index contributed by atoms with van der Waals surface area (Å²) >= 11 is 0. The molecule has 2 bridgehead atoms. The van der Waals surface area contributed by atoms with Crippen molar-refractivity contribution in [3.63, 3.8) is 0 Å². The predicted octanol–water partition coefficient (Wildman–Crippen LogP) is 5.92. The van der Waals surface area contributed by atoms with E-state index < -0.39 is 65.5 Å². The number of hydrogen-bond donors (Lipinski definition) is 0. The summed E-state index contributed by atoms with van der Waals surface area (Å²) in [5.41, 5.74) is -4.03. The van der Waals surface area contributed by atoms with Crippen molar-refractivity contribution in [2.75, 3.05) is 0 Å². The van der Waals surface area contributed by atoms with Crippen LogP contribution < -0.4 is 0 Å². The highest BCUT2D eigenvalue weighted by molar-refractivity contribution is 5.79. The molecule has 2 aliphatic rings. The van der Waals surface area contributed by atoms with Gasteiger partial charge in [0.2, 0.25) is 0 Å². The van der Waals surface area contributed by atoms with Crippen molar-refractivity contribution >= 4 is 5.97 Å². The smallest absolute Gasteiger partial charge is 0.405 e. The number of carbonyl (C=O) groups is 1. The standard InChI is InChI=1S/C23H34F4O3/c1-13(14(2)29-10-9-20(3,4)5)17-16-11-15(18(17)24)12-22(16,23(25,26)27)19(28)30-21(6,7)8/h13-18H,11-12H2,1-8H3. The van der Waals surface area contributed by atoms with E-state index in [2.05, 4.69) is 12.0 Å². The molecule has 3 nitrogen and oxygen atoms in total. The molecule has 2 saturated carbocycles. The molecule has 0 saturated heterocycles. The van der Waals surface area contributed by atoms with Crippen LogP contribution in [0.3, 0.4) is 0 Å². The zero-order valence-electron chi connectivity index (χ0n) is 19.1. The fraction of sp³-hybridized carbons (Fsp3) is 0.870. The van der Waals surface area contributed by atoms with Crippen molar-refractivity contribution in [3.8, 4) is 12.0 Å². The lowest BCUT2D eigenvalue weighted by Crippen LogP contribution is -2.56. The topological polar surface area (TPSA) is 35.5 Å². The molecule has 0 amide bonds. The van der Waals surface area contributed by atoms with Crippen LogP contribution in [-0.4, -0.2) is 30.0 Å². The van der Waals surface area contributed by atoms with Gasteiger partial charge in [0.1, 0.15) is 24.0 Å². The summed E-state index contributed by atoms with van der Waals surface area (Å²) in [7, 11) is 0. The number of alkyl halides is 4. The van der Waals surface area contributed by atoms with Crippen LogP contribution >= 0.6 is 0 Å². The monoisotopic (exact) mass is 434 g/mol. The van der Waals surface area contributed by atoms with Crippen LogP contribution in [0.5, 0.6) is 0 Å². The van der Waals surface area contributed by atoms with Gasteiger partial charge in [0, 0.05) is 11.3 Å². The maximum atomic E-state index is 15.1. The number of halogens is 4. The second-order valence-corrected chi connectivity index (χ2v) is 11.0. The van der Waals surface area contributed by atoms with E-state index in [0.717, 1.165) is 0 Å². The molecule has 2 aliphatic carbocycles. The van der Waals surface area contributed by atoms with E-state index in [9.17, 15) is 18.0 Å². The van der Waals surface area contributed by atoms with E-state index in [-0.39, 0.29) is 11.8 Å². The van der Waals surface area contributed by atoms with Gasteiger partial charge in [-0.3, -0.25) is 4.79 Å². The van der Waals surface area contributed by atoms with Gasteiger partial charge in [-0.15, -0.1) is 0 Å². The van der Waals surface area contributed by atoms with Crippen LogP contribution in [0.15, 0.2) is 0 Å². The van der Waals surface area contributed by atoms with Gasteiger partial charge in [0.15, 0.2) is 5.41 Å². The summed E-state index contributed by atoms with van der Waals surface area (Å²) in [6.07, 6.45) is -4.73. The number of ether oxygens (including phenoxy) is 2. The lowest BCUT2D eigenvalue weighted by molar-refractivity contribution is -0.262. The highest BCUT2D eigenvalue weighted by Gasteiger charge is 2.76. The first-order valence-corrected chi connectivity index (χ1v) is 10.5. The molecule has 172 valence electrons. The lowest BCUT2D eigenvalue weighted by Gasteiger charge is -2.45. The lowest BCUT2D eigenvalue weighted by atomic mass is 9.63. The highest BCUT2D eigenvalue weighted by atomic mass is 19.4. The Balaban J connectivity index is 2.34. The molecule has 30 heavy (non-hydrogen) atoms. The minimum Gasteiger partial charge on any atom is -0.459 e. The second kappa shape index (κ2) is 7.91. The summed E-state index contributed by atoms with van der Waals surface area (Å²) in [4.78, 5) is 12.8. The Morgan fingerprint density at radius 2 is 1.67 bits per heavy atom. The SMILES string of the molecule is CC(OC#CC(C)(C)C)C(C)C1C(F)C2CC1C(C(=O)OC(C)(C)C)(C(F)(F)F)C2. The minimum absolute atomic E-state index is 0.0231. The Kier molecular flexibility index (Phi) is 6.54. The van der Waals surface area contributed by atoms with Crippen molar-refractivity contribution in [2.45, 2.75) is 92.3 Å². The number of fused-ring (bicyclic) bond motifs is 2. The summed E-state index contributed by atoms with van der Waals surface area (Å²) in [6, 6.07) is 0. The molecule has 0 aromatic rings. The van der Waals surface area contributed by atoms with Gasteiger partial charge >= 0.3 is 12.1 Å². The van der Waals surface area contributed by atoms with Crippen molar-refractivity contribution in [1.82, 2.24) is 0 Å². The molecule has 0 aromatic heterocycles. The molecular weight excluding hydrogens is 400 g/mol. The molecule has 7 atom stereocenters. The molecule has 7 unspecified atom stereocenters. The molecule has 0 aromatic carbocycles. The number of rotatable bonds is 4. The second-order valence-electron chi connectivity index (χ2n) is 11.0. The molecule has 2 fully saturated rings. The van der Waals surface area contributed by atoms with E-state index in [4.69, 9.17) is 9.47 Å². The summed E-state index contributed by atoms with van der Waals surface area (Å²) in [5, 5.41) is 0. The molecular formula is C23H34F4O3. The Bertz CT molecular complexity index is 707. The van der Waals surface area contributed by atoms with Gasteiger partial charge in [0.25, 0.3) is 0 Å². The van der Waals surface area contributed by atoms with E-state index in [1.807, 2.05) is 20.8 Å². The van der Waals surface area contributed by atoms with Crippen LogP contribution in [0.4, 0.5) is 17.6 Å². The molecule has 7 heteroatoms. The van der Waals surface area contributed by atoms with Crippen LogP contribution in [0.25, 0.3) is 0 Å². The van der Waals surface area contributed by atoms with Gasteiger partial charge in [-0.2, -0.15) is 13.2 Å². The van der Waals surface area contributed by atoms with Crippen LogP contribution in [0, 0.1) is 46.5 Å². The normalized spacial score (nSPS) is 33.5. The summed E-state index contributed by atoms with van der Waals surface area (Å²) < 4.78 is 68.8. The fourth-order valence-electron chi connectivity index (χ4n) is 4.84. The number of hydrogen-bond acceptors (Lipinski definition) is 3. The Labute approximate surface area is 177 Å². The number of carbonyl (C=O) groups excluding carboxylic acids is 1. The average Bonchev–Trinajstić information content (AvgIpc) is 3.06. The molecule has 0 radical (unpaired) electrons. The first kappa shape index (κ1) is 24.8. The van der Waals surface area contributed by atoms with Gasteiger partial charge < -0.3 is 9.47 Å². The van der Waals surface area contributed by atoms with E-state index in [0.29, 0.717) is 0 Å². The first-order chi connectivity index (χ1) is 13.4. The van der Waals surface area contributed by atoms with Crippen LogP contribution in [-0.2, 0) is 14.3 Å². The van der Waals surface area contributed by atoms with Gasteiger partial charge in [0.05, 0.1) is 0 Å². The Hall–Kier alpha value is -1.45. The van der Waals surface area contributed by atoms with E-state index in [1.165, 1.54) is 20.8 Å². The van der Waals surface area contributed by atoms with E-state index >= 15 is 4.39 Å². The molecule has 0 N–H and O–H groups in total. The molecule has 0 spiro atoms. The average molecular weight is 435 g/mol. The van der Waals surface area contributed by atoms with Crippen molar-refractivity contribution in [3.05, 3.63) is 0 Å². The minimum atomic E-state index is -4.82. The van der Waals surface area contributed by atoms with Gasteiger partial charge in [-0.05, 0) is 79.1 Å². The zero-order valence-corrected chi connectivity index (χ0v) is 19.1. The third-order valence-electron chi connectivity index (χ3n) is 6.34. The summed E-state index contributed by atoms with van der Waals surface area (Å²) in [6.45, 7) is 13.7.